The molecule has 0 amide bonds. The van der Waals surface area contributed by atoms with E-state index in [9.17, 15) is 0 Å². The van der Waals surface area contributed by atoms with Crippen molar-refractivity contribution in [3.05, 3.63) is 83.7 Å². The maximum atomic E-state index is 4.72. The number of fused-ring (bicyclic) bond motifs is 6. The molecule has 1 atom stereocenters. The number of hydrogen-bond donors (Lipinski definition) is 0. The standard InChI is InChI=1S/C39H53BN2S/c1-12-18-41-24-27-25-42(19-13-2)34-29-21-31-32(39(10,11)17-16-38(31,8)9)22-33(29)43-35(34)40(27)23-28(41)20-30-26(3)36(4,5)14-15-37(30,6)7/h12-13,19,21-24,30H,1,3,14-18,20,25H2,2,4-11H3/b19-13+. The van der Waals surface area contributed by atoms with Gasteiger partial charge >= 0.3 is 0 Å². The van der Waals surface area contributed by atoms with Crippen LogP contribution in [0.3, 0.4) is 0 Å². The second kappa shape index (κ2) is 10.3. The van der Waals surface area contributed by atoms with E-state index in [1.54, 1.807) is 11.1 Å². The summed E-state index contributed by atoms with van der Waals surface area (Å²) in [4.78, 5) is 5.00. The summed E-state index contributed by atoms with van der Waals surface area (Å²) in [6.07, 6.45) is 15.0. The smallest absolute Gasteiger partial charge is 0.250 e. The van der Waals surface area contributed by atoms with Crippen molar-refractivity contribution in [3.8, 4) is 0 Å². The Hall–Kier alpha value is -2.46. The first-order chi connectivity index (χ1) is 20.1. The fourth-order valence-electron chi connectivity index (χ4n) is 8.41. The zero-order valence-corrected chi connectivity index (χ0v) is 29.2. The zero-order valence-electron chi connectivity index (χ0n) is 28.4. The van der Waals surface area contributed by atoms with E-state index in [-0.39, 0.29) is 21.7 Å². The van der Waals surface area contributed by atoms with Gasteiger partial charge in [0.05, 0.1) is 5.69 Å². The van der Waals surface area contributed by atoms with Crippen LogP contribution < -0.4 is 9.68 Å². The van der Waals surface area contributed by atoms with Gasteiger partial charge in [0, 0.05) is 39.8 Å². The molecule has 1 saturated carbocycles. The van der Waals surface area contributed by atoms with E-state index in [0.717, 1.165) is 19.5 Å². The van der Waals surface area contributed by atoms with Crippen LogP contribution in [-0.4, -0.2) is 24.7 Å². The molecule has 2 aliphatic heterocycles. The second-order valence-electron chi connectivity index (χ2n) is 16.5. The Morgan fingerprint density at radius 2 is 1.60 bits per heavy atom. The molecular formula is C39H53BN2S. The minimum absolute atomic E-state index is 0.191. The molecule has 4 aliphatic rings. The van der Waals surface area contributed by atoms with Gasteiger partial charge in [0.2, 0.25) is 0 Å². The highest BCUT2D eigenvalue weighted by Crippen LogP contribution is 2.54. The summed E-state index contributed by atoms with van der Waals surface area (Å²) >= 11 is 2.03. The third-order valence-corrected chi connectivity index (χ3v) is 13.0. The number of hydrogen-bond acceptors (Lipinski definition) is 3. The number of benzene rings is 1. The maximum Gasteiger partial charge on any atom is 0.250 e. The summed E-state index contributed by atoms with van der Waals surface area (Å²) in [6, 6.07) is 5.15. The molecule has 1 aromatic carbocycles. The summed E-state index contributed by atoms with van der Waals surface area (Å²) in [5.74, 6) is 3.09. The molecule has 2 aromatic rings. The highest BCUT2D eigenvalue weighted by Gasteiger charge is 2.45. The molecule has 0 N–H and O–H groups in total. The molecule has 3 heterocycles. The van der Waals surface area contributed by atoms with E-state index in [1.807, 2.05) is 11.3 Å². The first kappa shape index (κ1) is 30.6. The molecule has 1 aromatic heterocycles. The molecule has 0 bridgehead atoms. The Morgan fingerprint density at radius 1 is 0.953 bits per heavy atom. The largest absolute Gasteiger partial charge is 0.350 e. The lowest BCUT2D eigenvalue weighted by molar-refractivity contribution is 0.120. The molecular weight excluding hydrogens is 539 g/mol. The van der Waals surface area contributed by atoms with Gasteiger partial charge in [-0.25, -0.2) is 0 Å². The average Bonchev–Trinajstić information content (AvgIpc) is 3.31. The van der Waals surface area contributed by atoms with E-state index in [4.69, 9.17) is 6.58 Å². The summed E-state index contributed by atoms with van der Waals surface area (Å²) in [5.41, 5.74) is 9.74. The molecule has 0 radical (unpaired) electrons. The Kier molecular flexibility index (Phi) is 7.32. The van der Waals surface area contributed by atoms with Crippen molar-refractivity contribution in [3.63, 3.8) is 0 Å². The van der Waals surface area contributed by atoms with Crippen LogP contribution in [0.4, 0.5) is 5.69 Å². The van der Waals surface area contributed by atoms with Gasteiger partial charge in [-0.15, -0.1) is 17.9 Å². The van der Waals surface area contributed by atoms with Crippen molar-refractivity contribution < 1.29 is 0 Å². The van der Waals surface area contributed by atoms with Crippen LogP contribution in [0.1, 0.15) is 106 Å². The molecule has 4 heteroatoms. The maximum absolute atomic E-state index is 4.72. The van der Waals surface area contributed by atoms with Crippen LogP contribution in [0.5, 0.6) is 0 Å². The van der Waals surface area contributed by atoms with Crippen LogP contribution >= 0.6 is 11.3 Å². The minimum Gasteiger partial charge on any atom is -0.350 e. The highest BCUT2D eigenvalue weighted by atomic mass is 32.1. The topological polar surface area (TPSA) is 6.48 Å². The lowest BCUT2D eigenvalue weighted by Gasteiger charge is -2.49. The first-order valence-electron chi connectivity index (χ1n) is 16.6. The normalized spacial score (nSPS) is 25.3. The van der Waals surface area contributed by atoms with Gasteiger partial charge in [-0.3, -0.25) is 0 Å². The molecule has 43 heavy (non-hydrogen) atoms. The number of rotatable bonds is 5. The van der Waals surface area contributed by atoms with E-state index in [1.165, 1.54) is 63.0 Å². The Morgan fingerprint density at radius 3 is 2.26 bits per heavy atom. The van der Waals surface area contributed by atoms with Gasteiger partial charge in [-0.1, -0.05) is 91.1 Å². The first-order valence-corrected chi connectivity index (χ1v) is 17.4. The van der Waals surface area contributed by atoms with E-state index < -0.39 is 0 Å². The quantitative estimate of drug-likeness (QED) is 0.252. The molecule has 6 rings (SSSR count). The fourth-order valence-corrected chi connectivity index (χ4v) is 9.76. The van der Waals surface area contributed by atoms with Crippen molar-refractivity contribution in [2.45, 2.75) is 105 Å². The molecule has 228 valence electrons. The van der Waals surface area contributed by atoms with Crippen LogP contribution in [0.2, 0.25) is 0 Å². The van der Waals surface area contributed by atoms with Crippen LogP contribution in [0, 0.1) is 16.7 Å². The molecule has 2 nitrogen and oxygen atoms in total. The number of nitrogens with zero attached hydrogens (tertiary/aromatic N) is 2. The molecule has 1 fully saturated rings. The van der Waals surface area contributed by atoms with Gasteiger partial charge in [-0.2, -0.15) is 0 Å². The summed E-state index contributed by atoms with van der Waals surface area (Å²) in [6.45, 7) is 32.6. The predicted molar refractivity (Wildman–Crippen MR) is 192 cm³/mol. The Labute approximate surface area is 266 Å². The van der Waals surface area contributed by atoms with Crippen molar-refractivity contribution in [2.24, 2.45) is 16.7 Å². The number of allylic oxidation sites excluding steroid dienone is 3. The van der Waals surface area contributed by atoms with Gasteiger partial charge in [-0.05, 0) is 96.1 Å². The summed E-state index contributed by atoms with van der Waals surface area (Å²) < 4.78 is 2.94. The highest BCUT2D eigenvalue weighted by molar-refractivity contribution is 7.31. The Balaban J connectivity index is 1.50. The molecule has 0 spiro atoms. The van der Waals surface area contributed by atoms with Crippen LogP contribution in [-0.2, 0) is 10.8 Å². The van der Waals surface area contributed by atoms with Crippen molar-refractivity contribution >= 4 is 38.6 Å². The molecule has 1 unspecified atom stereocenters. The second-order valence-corrected chi connectivity index (χ2v) is 17.6. The van der Waals surface area contributed by atoms with Crippen molar-refractivity contribution in [1.82, 2.24) is 4.90 Å². The van der Waals surface area contributed by atoms with Crippen molar-refractivity contribution in [2.75, 3.05) is 18.0 Å². The summed E-state index contributed by atoms with van der Waals surface area (Å²) in [7, 11) is 0. The van der Waals surface area contributed by atoms with Gasteiger partial charge in [0.25, 0.3) is 6.71 Å². The lowest BCUT2D eigenvalue weighted by atomic mass is 9.40. The molecule has 2 aliphatic carbocycles. The average molecular weight is 593 g/mol. The fraction of sp³-hybridized carbons (Fsp3) is 0.538. The van der Waals surface area contributed by atoms with Gasteiger partial charge in [0.1, 0.15) is 0 Å². The third-order valence-electron chi connectivity index (χ3n) is 11.7. The molecule has 0 saturated heterocycles. The predicted octanol–water partition coefficient (Wildman–Crippen LogP) is 10.1. The van der Waals surface area contributed by atoms with Crippen molar-refractivity contribution in [1.29, 1.82) is 0 Å². The van der Waals surface area contributed by atoms with Crippen LogP contribution in [0.15, 0.2) is 72.6 Å². The monoisotopic (exact) mass is 592 g/mol. The van der Waals surface area contributed by atoms with Crippen LogP contribution in [0.25, 0.3) is 10.1 Å². The Bertz CT molecular complexity index is 1580. The number of anilines is 1. The van der Waals surface area contributed by atoms with Gasteiger partial charge in [0.15, 0.2) is 0 Å². The minimum atomic E-state index is 0.191. The lowest BCUT2D eigenvalue weighted by Crippen LogP contribution is -2.47. The third kappa shape index (κ3) is 5.00. The SMILES string of the molecule is C=CCN1C=C2CN(/C=C/C)c3c(sc4cc5c(cc34)C(C)(C)CCC5(C)C)B2C=C1CC1C(=C)C(C)(C)CCC1(C)C. The zero-order chi connectivity index (χ0) is 31.1. The number of thiophene rings is 1. The van der Waals surface area contributed by atoms with E-state index >= 15 is 0 Å². The summed E-state index contributed by atoms with van der Waals surface area (Å²) in [5, 5.41) is 1.44. The van der Waals surface area contributed by atoms with E-state index in [0.29, 0.717) is 12.6 Å². The van der Waals surface area contributed by atoms with Gasteiger partial charge < -0.3 is 9.80 Å². The van der Waals surface area contributed by atoms with E-state index in [2.05, 4.69) is 121 Å².